The standard InChI is InChI=1S/C45H43BN2O/c1-42(2,3)26-23-31-41-32(24-26)46-39-34(47(41)45(7)22-13-12-21-44(31,45)6)25-36-37(27-15-8-11-20-35(27)49-36)38(39)28-16-14-18-30-40(28)48(46)33-19-10-9-17-29(33)43(30,4)5/h8-11,14-20,23-25H,12-13,21-22H2,1-7H3. The molecule has 0 saturated heterocycles. The van der Waals surface area contributed by atoms with Crippen LogP contribution in [0.4, 0.5) is 22.7 Å². The van der Waals surface area contributed by atoms with Crippen LogP contribution in [-0.2, 0) is 16.2 Å². The first-order chi connectivity index (χ1) is 23.4. The first kappa shape index (κ1) is 28.4. The number of fused-ring (bicyclic) bond motifs is 13. The molecule has 4 aliphatic heterocycles. The van der Waals surface area contributed by atoms with Gasteiger partial charge in [0.25, 0.3) is 0 Å². The summed E-state index contributed by atoms with van der Waals surface area (Å²) in [6.07, 6.45) is 4.94. The van der Waals surface area contributed by atoms with Crippen LogP contribution >= 0.6 is 0 Å². The van der Waals surface area contributed by atoms with E-state index in [-0.39, 0.29) is 28.6 Å². The lowest BCUT2D eigenvalue weighted by Gasteiger charge is -2.54. The molecule has 4 heteroatoms. The fraction of sp³-hybridized carbons (Fsp3) is 0.333. The maximum atomic E-state index is 6.85. The quantitative estimate of drug-likeness (QED) is 0.154. The van der Waals surface area contributed by atoms with Crippen LogP contribution in [0.15, 0.2) is 89.3 Å². The third-order valence-electron chi connectivity index (χ3n) is 13.9. The molecular formula is C45H43BN2O. The van der Waals surface area contributed by atoms with Crippen LogP contribution in [0.1, 0.15) is 96.4 Å². The van der Waals surface area contributed by atoms with Crippen molar-refractivity contribution in [2.45, 2.75) is 95.9 Å². The molecule has 242 valence electrons. The molecule has 0 spiro atoms. The number of hydrogen-bond donors (Lipinski definition) is 0. The van der Waals surface area contributed by atoms with E-state index in [0.717, 1.165) is 11.2 Å². The van der Waals surface area contributed by atoms with E-state index >= 15 is 0 Å². The average Bonchev–Trinajstić information content (AvgIpc) is 3.55. The summed E-state index contributed by atoms with van der Waals surface area (Å²) >= 11 is 0. The van der Waals surface area contributed by atoms with Gasteiger partial charge >= 0.3 is 6.85 Å². The van der Waals surface area contributed by atoms with Crippen molar-refractivity contribution in [1.82, 2.24) is 0 Å². The molecule has 2 atom stereocenters. The molecule has 5 aliphatic rings. The number of benzene rings is 5. The van der Waals surface area contributed by atoms with Gasteiger partial charge in [-0.3, -0.25) is 0 Å². The molecule has 0 amide bonds. The van der Waals surface area contributed by atoms with Gasteiger partial charge < -0.3 is 14.1 Å². The van der Waals surface area contributed by atoms with Gasteiger partial charge in [0.05, 0.1) is 5.54 Å². The van der Waals surface area contributed by atoms with Crippen LogP contribution in [0.2, 0.25) is 0 Å². The SMILES string of the molecule is CC(C)(C)c1cc2c3c(c1)C1(C)CCCCC1(C)N3c1cc3oc4ccccc4c3c3c1B2N1c2ccccc2C(C)(C)c2cccc-3c21. The van der Waals surface area contributed by atoms with Crippen LogP contribution < -0.4 is 20.6 Å². The van der Waals surface area contributed by atoms with Crippen LogP contribution in [0.25, 0.3) is 33.1 Å². The van der Waals surface area contributed by atoms with Gasteiger partial charge in [-0.2, -0.15) is 0 Å². The minimum absolute atomic E-state index is 0.0216. The van der Waals surface area contributed by atoms with Gasteiger partial charge in [-0.05, 0) is 76.1 Å². The lowest BCUT2D eigenvalue weighted by molar-refractivity contribution is 0.195. The van der Waals surface area contributed by atoms with Gasteiger partial charge in [-0.25, -0.2) is 0 Å². The predicted molar refractivity (Wildman–Crippen MR) is 206 cm³/mol. The van der Waals surface area contributed by atoms with E-state index in [9.17, 15) is 0 Å². The fourth-order valence-corrected chi connectivity index (χ4v) is 11.2. The molecule has 1 fully saturated rings. The lowest BCUT2D eigenvalue weighted by atomic mass is 9.42. The molecule has 5 heterocycles. The zero-order valence-electron chi connectivity index (χ0n) is 29.8. The van der Waals surface area contributed by atoms with E-state index in [1.165, 1.54) is 97.9 Å². The summed E-state index contributed by atoms with van der Waals surface area (Å²) in [5.74, 6) is 0. The highest BCUT2D eigenvalue weighted by atomic mass is 16.3. The van der Waals surface area contributed by atoms with Crippen LogP contribution in [-0.4, -0.2) is 12.4 Å². The third-order valence-corrected chi connectivity index (χ3v) is 13.9. The van der Waals surface area contributed by atoms with E-state index in [4.69, 9.17) is 4.42 Å². The second-order valence-electron chi connectivity index (χ2n) is 17.6. The van der Waals surface area contributed by atoms with E-state index < -0.39 is 0 Å². The molecule has 1 aromatic heterocycles. The summed E-state index contributed by atoms with van der Waals surface area (Å²) in [5.41, 5.74) is 18.8. The van der Waals surface area contributed by atoms with Crippen molar-refractivity contribution in [2.24, 2.45) is 0 Å². The normalized spacial score (nSPS) is 23.7. The van der Waals surface area contributed by atoms with Crippen molar-refractivity contribution in [2.75, 3.05) is 9.71 Å². The highest BCUT2D eigenvalue weighted by Crippen LogP contribution is 2.64. The van der Waals surface area contributed by atoms with Gasteiger partial charge in [0.1, 0.15) is 11.2 Å². The molecule has 2 unspecified atom stereocenters. The topological polar surface area (TPSA) is 19.6 Å². The van der Waals surface area contributed by atoms with Crippen LogP contribution in [0.5, 0.6) is 0 Å². The zero-order chi connectivity index (χ0) is 33.4. The Balaban J connectivity index is 1.39. The van der Waals surface area contributed by atoms with Gasteiger partial charge in [-0.1, -0.05) is 121 Å². The van der Waals surface area contributed by atoms with Crippen molar-refractivity contribution in [1.29, 1.82) is 0 Å². The molecule has 1 saturated carbocycles. The molecule has 5 aromatic carbocycles. The average molecular weight is 639 g/mol. The Morgan fingerprint density at radius 1 is 0.714 bits per heavy atom. The Labute approximate surface area is 290 Å². The summed E-state index contributed by atoms with van der Waals surface area (Å²) in [6.45, 7) is 17.2. The highest BCUT2D eigenvalue weighted by molar-refractivity contribution is 6.94. The minimum Gasteiger partial charge on any atom is -0.456 e. The Morgan fingerprint density at radius 2 is 1.47 bits per heavy atom. The van der Waals surface area contributed by atoms with E-state index in [0.29, 0.717) is 0 Å². The number of nitrogens with zero attached hydrogens (tertiary/aromatic N) is 2. The monoisotopic (exact) mass is 638 g/mol. The van der Waals surface area contributed by atoms with Gasteiger partial charge in [0.15, 0.2) is 0 Å². The summed E-state index contributed by atoms with van der Waals surface area (Å²) in [4.78, 5) is 5.59. The molecule has 3 nitrogen and oxygen atoms in total. The summed E-state index contributed by atoms with van der Waals surface area (Å²) < 4.78 is 6.85. The predicted octanol–water partition coefficient (Wildman–Crippen LogP) is 10.5. The highest BCUT2D eigenvalue weighted by Gasteiger charge is 2.62. The lowest BCUT2D eigenvalue weighted by Crippen LogP contribution is -2.65. The number of rotatable bonds is 0. The minimum atomic E-state index is -0.142. The molecule has 0 bridgehead atoms. The van der Waals surface area contributed by atoms with Crippen molar-refractivity contribution < 1.29 is 4.42 Å². The molecule has 49 heavy (non-hydrogen) atoms. The Bertz CT molecular complexity index is 2480. The first-order valence-corrected chi connectivity index (χ1v) is 18.4. The molecule has 1 aliphatic carbocycles. The molecule has 6 aromatic rings. The van der Waals surface area contributed by atoms with E-state index in [1.54, 1.807) is 5.56 Å². The molecule has 11 rings (SSSR count). The maximum absolute atomic E-state index is 6.85. The Morgan fingerprint density at radius 3 is 2.31 bits per heavy atom. The molecule has 0 radical (unpaired) electrons. The van der Waals surface area contributed by atoms with Gasteiger partial charge in [0.2, 0.25) is 0 Å². The number of anilines is 4. The summed E-state index contributed by atoms with van der Waals surface area (Å²) in [5, 5.41) is 2.47. The van der Waals surface area contributed by atoms with Gasteiger partial charge in [-0.15, -0.1) is 0 Å². The van der Waals surface area contributed by atoms with Crippen molar-refractivity contribution in [3.8, 4) is 11.1 Å². The smallest absolute Gasteiger partial charge is 0.333 e. The molecule has 0 N–H and O–H groups in total. The second-order valence-corrected chi connectivity index (χ2v) is 17.6. The zero-order valence-corrected chi connectivity index (χ0v) is 29.8. The first-order valence-electron chi connectivity index (χ1n) is 18.4. The van der Waals surface area contributed by atoms with E-state index in [1.807, 2.05) is 0 Å². The van der Waals surface area contributed by atoms with Crippen molar-refractivity contribution in [3.63, 3.8) is 0 Å². The summed E-state index contributed by atoms with van der Waals surface area (Å²) in [7, 11) is 0. The van der Waals surface area contributed by atoms with Crippen LogP contribution in [0.3, 0.4) is 0 Å². The van der Waals surface area contributed by atoms with Crippen molar-refractivity contribution >= 4 is 62.5 Å². The fourth-order valence-electron chi connectivity index (χ4n) is 11.2. The Kier molecular flexibility index (Phi) is 5.01. The summed E-state index contributed by atoms with van der Waals surface area (Å²) in [6, 6.07) is 32.7. The Hall–Kier alpha value is -4.44. The number of furan rings is 1. The third kappa shape index (κ3) is 3.11. The van der Waals surface area contributed by atoms with E-state index in [2.05, 4.69) is 143 Å². The van der Waals surface area contributed by atoms with Crippen molar-refractivity contribution in [3.05, 3.63) is 107 Å². The number of hydrogen-bond acceptors (Lipinski definition) is 3. The number of para-hydroxylation sites is 3. The molecular weight excluding hydrogens is 595 g/mol. The largest absolute Gasteiger partial charge is 0.456 e. The van der Waals surface area contributed by atoms with Gasteiger partial charge in [0, 0.05) is 56.0 Å². The van der Waals surface area contributed by atoms with Crippen LogP contribution in [0, 0.1) is 0 Å². The second kappa shape index (κ2) is 8.64. The maximum Gasteiger partial charge on any atom is 0.333 e.